The van der Waals surface area contributed by atoms with Gasteiger partial charge in [-0.05, 0) is 21.1 Å². The van der Waals surface area contributed by atoms with Gasteiger partial charge in [0.15, 0.2) is 0 Å². The molecule has 0 heterocycles. The van der Waals surface area contributed by atoms with E-state index in [4.69, 9.17) is 0 Å². The molecule has 0 bridgehead atoms. The SMILES string of the molecule is BrBBr.CN(C)C. The van der Waals surface area contributed by atoms with Crippen LogP contribution in [-0.2, 0) is 0 Å². The fourth-order valence-corrected chi connectivity index (χ4v) is 0. The molecule has 44 valence electrons. The van der Waals surface area contributed by atoms with Crippen LogP contribution in [0.15, 0.2) is 0 Å². The highest BCUT2D eigenvalue weighted by Crippen LogP contribution is 1.77. The average molecular weight is 231 g/mol. The van der Waals surface area contributed by atoms with E-state index >= 15 is 0 Å². The third-order valence-electron chi connectivity index (χ3n) is 0. The molecule has 1 nitrogen and oxygen atoms in total. The summed E-state index contributed by atoms with van der Waals surface area (Å²) in [7, 11) is 6.00. The van der Waals surface area contributed by atoms with Crippen LogP contribution in [0.2, 0.25) is 0 Å². The Bertz CT molecular complexity index is 24.1. The van der Waals surface area contributed by atoms with Crippen molar-refractivity contribution in [3.05, 3.63) is 0 Å². The van der Waals surface area contributed by atoms with Crippen LogP contribution >= 0.6 is 31.5 Å². The first-order valence-electron chi connectivity index (χ1n) is 1.88. The van der Waals surface area contributed by atoms with Gasteiger partial charge in [0.2, 0.25) is 0 Å². The van der Waals surface area contributed by atoms with Crippen LogP contribution < -0.4 is 0 Å². The summed E-state index contributed by atoms with van der Waals surface area (Å²) in [6.45, 7) is 0. The van der Waals surface area contributed by atoms with Gasteiger partial charge in [-0.3, -0.25) is 0 Å². The Labute approximate surface area is 62.6 Å². The third kappa shape index (κ3) is 179. The van der Waals surface area contributed by atoms with Gasteiger partial charge in [0, 0.05) is 0 Å². The zero-order valence-electron chi connectivity index (χ0n) is 4.91. The molecular weight excluding hydrogens is 221 g/mol. The Balaban J connectivity index is 0. The van der Waals surface area contributed by atoms with E-state index < -0.39 is 0 Å². The lowest BCUT2D eigenvalue weighted by molar-refractivity contribution is 0.505. The van der Waals surface area contributed by atoms with Crippen LogP contribution in [0.25, 0.3) is 0 Å². The molecule has 0 saturated heterocycles. The summed E-state index contributed by atoms with van der Waals surface area (Å²) >= 11 is 6.12. The molecule has 0 saturated carbocycles. The van der Waals surface area contributed by atoms with Crippen LogP contribution in [0.4, 0.5) is 0 Å². The quantitative estimate of drug-likeness (QED) is 0.566. The maximum absolute atomic E-state index is 3.06. The number of nitrogens with zero attached hydrogens (tertiary/aromatic N) is 1. The summed E-state index contributed by atoms with van der Waals surface area (Å²) in [5, 5.41) is 0. The van der Waals surface area contributed by atoms with Crippen molar-refractivity contribution in [2.24, 2.45) is 0 Å². The number of halogens is 2. The highest BCUT2D eigenvalue weighted by molar-refractivity contribution is 9.47. The zero-order valence-corrected chi connectivity index (χ0v) is 8.08. The minimum atomic E-state index is 0.875. The molecule has 0 radical (unpaired) electrons. The van der Waals surface area contributed by atoms with Crippen molar-refractivity contribution in [3.8, 4) is 0 Å². The molecule has 0 aliphatic rings. The second-order valence-electron chi connectivity index (χ2n) is 1.44. The summed E-state index contributed by atoms with van der Waals surface area (Å²) in [4.78, 5) is 2.88. The first kappa shape index (κ1) is 10.9. The normalized spacial score (nSPS) is 7.14. The molecule has 0 aliphatic carbocycles. The van der Waals surface area contributed by atoms with Crippen molar-refractivity contribution in [3.63, 3.8) is 0 Å². The Morgan fingerprint density at radius 3 is 1.14 bits per heavy atom. The monoisotopic (exact) mass is 229 g/mol. The topological polar surface area (TPSA) is 3.24 Å². The van der Waals surface area contributed by atoms with E-state index in [9.17, 15) is 0 Å². The smallest absolute Gasteiger partial charge is 0.282 e. The summed E-state index contributed by atoms with van der Waals surface area (Å²) in [5.41, 5.74) is 0. The maximum atomic E-state index is 3.06. The van der Waals surface area contributed by atoms with E-state index in [1.807, 2.05) is 26.0 Å². The van der Waals surface area contributed by atoms with Gasteiger partial charge in [-0.15, -0.1) is 31.5 Å². The molecule has 0 unspecified atom stereocenters. The predicted molar refractivity (Wildman–Crippen MR) is 44.6 cm³/mol. The van der Waals surface area contributed by atoms with Gasteiger partial charge >= 0.3 is 0 Å². The van der Waals surface area contributed by atoms with E-state index in [2.05, 4.69) is 31.5 Å². The molecule has 0 amide bonds. The van der Waals surface area contributed by atoms with Gasteiger partial charge in [0.1, 0.15) is 0 Å². The highest BCUT2D eigenvalue weighted by atomic mass is 79.9. The first-order valence-corrected chi connectivity index (χ1v) is 4.12. The van der Waals surface area contributed by atoms with E-state index in [1.54, 1.807) is 0 Å². The molecule has 0 rings (SSSR count). The Hall–Kier alpha value is 0.985. The van der Waals surface area contributed by atoms with E-state index in [1.165, 1.54) is 0 Å². The fraction of sp³-hybridized carbons (Fsp3) is 1.00. The minimum absolute atomic E-state index is 0.875. The van der Waals surface area contributed by atoms with Gasteiger partial charge in [-0.2, -0.15) is 0 Å². The Kier molecular flexibility index (Phi) is 15.6. The van der Waals surface area contributed by atoms with Crippen LogP contribution in [0, 0.1) is 0 Å². The van der Waals surface area contributed by atoms with Crippen molar-refractivity contribution < 1.29 is 0 Å². The summed E-state index contributed by atoms with van der Waals surface area (Å²) in [6, 6.07) is 0. The minimum Gasteiger partial charge on any atom is -0.312 e. The molecule has 0 N–H and O–H groups in total. The largest absolute Gasteiger partial charge is 0.312 e. The predicted octanol–water partition coefficient (Wildman–Crippen LogP) is 1.22. The maximum Gasteiger partial charge on any atom is 0.282 e. The van der Waals surface area contributed by atoms with Gasteiger partial charge < -0.3 is 4.90 Å². The molecule has 0 aliphatic heterocycles. The average Bonchev–Trinajstić information content (AvgIpc) is 1.33. The van der Waals surface area contributed by atoms with E-state index in [0.717, 1.165) is 4.93 Å². The Morgan fingerprint density at radius 1 is 1.14 bits per heavy atom. The second-order valence-corrected chi connectivity index (χ2v) is 4.07. The fourth-order valence-electron chi connectivity index (χ4n) is 0. The van der Waals surface area contributed by atoms with Crippen molar-refractivity contribution >= 4 is 36.4 Å². The third-order valence-corrected chi connectivity index (χ3v) is 0. The van der Waals surface area contributed by atoms with Gasteiger partial charge in [-0.1, -0.05) is 0 Å². The summed E-state index contributed by atoms with van der Waals surface area (Å²) < 4.78 is 0. The van der Waals surface area contributed by atoms with Crippen molar-refractivity contribution in [2.75, 3.05) is 21.1 Å². The molecular formula is C3H10BBr2N. The van der Waals surface area contributed by atoms with Crippen molar-refractivity contribution in [1.29, 1.82) is 0 Å². The molecule has 0 atom stereocenters. The van der Waals surface area contributed by atoms with Gasteiger partial charge in [0.25, 0.3) is 4.93 Å². The number of hydrogen-bond donors (Lipinski definition) is 0. The molecule has 4 heteroatoms. The highest BCUT2D eigenvalue weighted by Gasteiger charge is 1.58. The molecule has 0 aromatic carbocycles. The summed E-state index contributed by atoms with van der Waals surface area (Å²) in [6.07, 6.45) is 0. The molecule has 0 aromatic heterocycles. The van der Waals surface area contributed by atoms with Gasteiger partial charge in [-0.25, -0.2) is 0 Å². The van der Waals surface area contributed by atoms with Crippen LogP contribution in [-0.4, -0.2) is 31.0 Å². The number of rotatable bonds is 0. The zero-order chi connectivity index (χ0) is 6.28. The lowest BCUT2D eigenvalue weighted by atomic mass is 10.8. The van der Waals surface area contributed by atoms with Crippen LogP contribution in [0.5, 0.6) is 0 Å². The molecule has 7 heavy (non-hydrogen) atoms. The number of hydrogen-bond acceptors (Lipinski definition) is 1. The molecule has 0 aromatic rings. The standard InChI is InChI=1S/C3H9N.BBr2H/c1-4(2)3;2-1-3/h1-3H3;1H. The van der Waals surface area contributed by atoms with E-state index in [0.29, 0.717) is 0 Å². The lowest BCUT2D eigenvalue weighted by Crippen LogP contribution is -1.99. The van der Waals surface area contributed by atoms with Crippen molar-refractivity contribution in [2.45, 2.75) is 0 Å². The Morgan fingerprint density at radius 2 is 1.14 bits per heavy atom. The molecule has 0 spiro atoms. The van der Waals surface area contributed by atoms with Crippen LogP contribution in [0.1, 0.15) is 0 Å². The van der Waals surface area contributed by atoms with Crippen molar-refractivity contribution in [1.82, 2.24) is 4.90 Å². The van der Waals surface area contributed by atoms with Gasteiger partial charge in [0.05, 0.1) is 0 Å². The van der Waals surface area contributed by atoms with Crippen LogP contribution in [0.3, 0.4) is 0 Å². The summed E-state index contributed by atoms with van der Waals surface area (Å²) in [5.74, 6) is 0. The lowest BCUT2D eigenvalue weighted by Gasteiger charge is -1.90. The first-order chi connectivity index (χ1) is 3.15. The second kappa shape index (κ2) is 10.1. The van der Waals surface area contributed by atoms with E-state index in [-0.39, 0.29) is 0 Å². The molecule has 0 fully saturated rings.